The van der Waals surface area contributed by atoms with Crippen LogP contribution in [0.2, 0.25) is 0 Å². The predicted molar refractivity (Wildman–Crippen MR) is 58.4 cm³/mol. The minimum Gasteiger partial charge on any atom is -0.363 e. The van der Waals surface area contributed by atoms with Crippen molar-refractivity contribution in [1.29, 1.82) is 0 Å². The Morgan fingerprint density at radius 2 is 1.93 bits per heavy atom. The predicted octanol–water partition coefficient (Wildman–Crippen LogP) is -1.54. The first-order valence-corrected chi connectivity index (χ1v) is 4.03. The zero-order valence-corrected chi connectivity index (χ0v) is 8.35. The van der Waals surface area contributed by atoms with Crippen LogP contribution in [0.25, 0.3) is 0 Å². The first-order valence-electron chi connectivity index (χ1n) is 3.58. The van der Waals surface area contributed by atoms with Gasteiger partial charge in [0.25, 0.3) is 0 Å². The summed E-state index contributed by atoms with van der Waals surface area (Å²) in [4.78, 5) is 9.74. The Morgan fingerprint density at radius 1 is 1.20 bits per heavy atom. The van der Waals surface area contributed by atoms with E-state index in [1.807, 2.05) is 0 Å². The molecular weight excluding hydrogens is 212 g/mol. The average molecular weight is 218 g/mol. The van der Waals surface area contributed by atoms with Gasteiger partial charge in [-0.05, 0) is 23.0 Å². The number of aliphatic hydroxyl groups is 1. The van der Waals surface area contributed by atoms with Crippen LogP contribution in [0.1, 0.15) is 0 Å². The van der Waals surface area contributed by atoms with Crippen LogP contribution in [-0.2, 0) is 4.79 Å². The molecule has 0 aromatic heterocycles. The summed E-state index contributed by atoms with van der Waals surface area (Å²) in [6.45, 7) is 0. The van der Waals surface area contributed by atoms with Gasteiger partial charge in [-0.25, -0.2) is 0 Å². The van der Waals surface area contributed by atoms with E-state index in [9.17, 15) is 4.79 Å². The second-order valence-corrected chi connectivity index (χ2v) is 2.04. The van der Waals surface area contributed by atoms with Crippen molar-refractivity contribution in [3.8, 4) is 46.9 Å². The molecule has 3 N–H and O–H groups in total. The molecular formula is C10H6N2O2S. The van der Waals surface area contributed by atoms with Crippen molar-refractivity contribution in [1.82, 2.24) is 10.6 Å². The molecule has 0 aromatic rings. The fraction of sp³-hybridized carbons (Fsp3) is 0.100. The first-order chi connectivity index (χ1) is 7.31. The summed E-state index contributed by atoms with van der Waals surface area (Å²) in [6.07, 6.45) is -0.699. The van der Waals surface area contributed by atoms with Crippen molar-refractivity contribution in [3.05, 3.63) is 0 Å². The van der Waals surface area contributed by atoms with Crippen LogP contribution in [0.4, 0.5) is 0 Å². The van der Waals surface area contributed by atoms with Gasteiger partial charge >= 0.3 is 0 Å². The summed E-state index contributed by atoms with van der Waals surface area (Å²) < 4.78 is 0. The van der Waals surface area contributed by atoms with Gasteiger partial charge in [-0.2, -0.15) is 0 Å². The largest absolute Gasteiger partial charge is 0.363 e. The minimum atomic E-state index is -1.12. The standard InChI is InChI=1S/C10H6N2O2S/c13-9-11-6-2-1-5-10(14)12-7-3-4-8-15/h9-10,12,14-15H,(H,11,13). The van der Waals surface area contributed by atoms with Gasteiger partial charge in [0.1, 0.15) is 0 Å². The maximum atomic E-state index is 9.74. The number of hydrogen-bond acceptors (Lipinski definition) is 4. The van der Waals surface area contributed by atoms with E-state index in [-0.39, 0.29) is 0 Å². The summed E-state index contributed by atoms with van der Waals surface area (Å²) in [5.41, 5.74) is 0. The molecule has 0 heterocycles. The van der Waals surface area contributed by atoms with Crippen molar-refractivity contribution in [3.63, 3.8) is 0 Å². The molecule has 0 aliphatic carbocycles. The molecule has 1 unspecified atom stereocenters. The van der Waals surface area contributed by atoms with Crippen molar-refractivity contribution < 1.29 is 9.90 Å². The molecule has 15 heavy (non-hydrogen) atoms. The highest BCUT2D eigenvalue weighted by atomic mass is 32.1. The molecule has 0 radical (unpaired) electrons. The van der Waals surface area contributed by atoms with Gasteiger partial charge in [0.2, 0.25) is 6.41 Å². The van der Waals surface area contributed by atoms with Gasteiger partial charge in [0, 0.05) is 23.9 Å². The van der Waals surface area contributed by atoms with E-state index in [4.69, 9.17) is 5.11 Å². The van der Waals surface area contributed by atoms with Gasteiger partial charge in [-0.3, -0.25) is 10.1 Å². The fourth-order valence-electron chi connectivity index (χ4n) is 0.401. The lowest BCUT2D eigenvalue weighted by atomic mass is 10.5. The van der Waals surface area contributed by atoms with Gasteiger partial charge in [0.15, 0.2) is 6.23 Å². The lowest BCUT2D eigenvalue weighted by Crippen LogP contribution is -2.21. The van der Waals surface area contributed by atoms with E-state index < -0.39 is 6.23 Å². The lowest BCUT2D eigenvalue weighted by Gasteiger charge is -1.96. The van der Waals surface area contributed by atoms with Crippen LogP contribution >= 0.6 is 12.6 Å². The second-order valence-electron chi connectivity index (χ2n) is 1.82. The van der Waals surface area contributed by atoms with Crippen LogP contribution in [0.3, 0.4) is 0 Å². The summed E-state index contributed by atoms with van der Waals surface area (Å²) in [7, 11) is 0. The molecule has 0 saturated heterocycles. The van der Waals surface area contributed by atoms with E-state index in [2.05, 4.69) is 70.2 Å². The molecule has 0 aliphatic rings. The highest BCUT2D eigenvalue weighted by molar-refractivity contribution is 7.85. The Hall–Kier alpha value is -2.18. The molecule has 0 saturated carbocycles. The Balaban J connectivity index is 3.98. The molecule has 0 rings (SSSR count). The van der Waals surface area contributed by atoms with E-state index in [1.165, 1.54) is 0 Å². The Labute approximate surface area is 93.2 Å². The van der Waals surface area contributed by atoms with Gasteiger partial charge in [-0.15, -0.1) is 0 Å². The van der Waals surface area contributed by atoms with E-state index >= 15 is 0 Å². The number of rotatable bonds is 2. The number of nitrogens with one attached hydrogen (secondary N) is 2. The number of aliphatic hydroxyl groups excluding tert-OH is 1. The van der Waals surface area contributed by atoms with Crippen molar-refractivity contribution in [2.75, 3.05) is 0 Å². The highest BCUT2D eigenvalue weighted by Crippen LogP contribution is 1.69. The Morgan fingerprint density at radius 3 is 2.60 bits per heavy atom. The molecule has 1 atom stereocenters. The van der Waals surface area contributed by atoms with E-state index in [0.29, 0.717) is 6.41 Å². The third-order valence-corrected chi connectivity index (χ3v) is 0.967. The summed E-state index contributed by atoms with van der Waals surface area (Å²) in [5.74, 6) is 11.6. The van der Waals surface area contributed by atoms with Gasteiger partial charge in [-0.1, -0.05) is 12.6 Å². The van der Waals surface area contributed by atoms with E-state index in [0.717, 1.165) is 0 Å². The maximum absolute atomic E-state index is 9.74. The zero-order chi connectivity index (χ0) is 11.4. The molecule has 5 heteroatoms. The maximum Gasteiger partial charge on any atom is 0.218 e. The van der Waals surface area contributed by atoms with Crippen molar-refractivity contribution in [2.24, 2.45) is 0 Å². The van der Waals surface area contributed by atoms with Gasteiger partial charge in [0.05, 0.1) is 0 Å². The SMILES string of the molecule is O=CNC#CC#CC(O)NC#CC#CS. The monoisotopic (exact) mass is 218 g/mol. The minimum absolute atomic E-state index is 0.422. The third kappa shape index (κ3) is 9.74. The summed E-state index contributed by atoms with van der Waals surface area (Å²) in [6, 6.07) is 4.56. The van der Waals surface area contributed by atoms with Crippen molar-refractivity contribution in [2.45, 2.75) is 6.23 Å². The number of hydrogen-bond donors (Lipinski definition) is 4. The summed E-state index contributed by atoms with van der Waals surface area (Å²) in [5, 5.41) is 15.8. The molecule has 0 bridgehead atoms. The molecule has 1 amide bonds. The summed E-state index contributed by atoms with van der Waals surface area (Å²) >= 11 is 3.60. The zero-order valence-electron chi connectivity index (χ0n) is 7.46. The van der Waals surface area contributed by atoms with E-state index in [1.54, 1.807) is 0 Å². The quantitative estimate of drug-likeness (QED) is 0.149. The highest BCUT2D eigenvalue weighted by Gasteiger charge is 1.89. The van der Waals surface area contributed by atoms with Crippen LogP contribution in [0.15, 0.2) is 0 Å². The van der Waals surface area contributed by atoms with Gasteiger partial charge < -0.3 is 10.4 Å². The third-order valence-electron chi connectivity index (χ3n) is 0.855. The molecule has 0 aromatic carbocycles. The van der Waals surface area contributed by atoms with Crippen LogP contribution in [-0.4, -0.2) is 17.7 Å². The topological polar surface area (TPSA) is 61.4 Å². The lowest BCUT2D eigenvalue weighted by molar-refractivity contribution is -0.108. The number of thiol groups is 1. The Bertz CT molecular complexity index is 443. The normalized spacial score (nSPS) is 7.87. The molecule has 0 aliphatic heterocycles. The molecule has 4 nitrogen and oxygen atoms in total. The van der Waals surface area contributed by atoms with Crippen molar-refractivity contribution >= 4 is 19.0 Å². The second kappa shape index (κ2) is 9.90. The molecule has 74 valence electrons. The number of carbonyl (C=O) groups excluding carboxylic acids is 1. The number of amides is 1. The average Bonchev–Trinajstić information content (AvgIpc) is 2.24. The number of carbonyl (C=O) groups is 1. The first kappa shape index (κ1) is 12.8. The molecule has 0 spiro atoms. The molecule has 0 fully saturated rings. The Kier molecular flexibility index (Phi) is 8.47. The van der Waals surface area contributed by atoms with Crippen LogP contribution in [0.5, 0.6) is 0 Å². The smallest absolute Gasteiger partial charge is 0.218 e. The fourth-order valence-corrected chi connectivity index (χ4v) is 0.457. The van der Waals surface area contributed by atoms with Crippen LogP contribution < -0.4 is 10.6 Å². The van der Waals surface area contributed by atoms with Crippen LogP contribution in [0, 0.1) is 46.9 Å².